The molecule has 0 aliphatic carbocycles. The molecule has 2 rings (SSSR count). The van der Waals surface area contributed by atoms with Gasteiger partial charge in [-0.3, -0.25) is 0 Å². The van der Waals surface area contributed by atoms with Crippen LogP contribution < -0.4 is 14.8 Å². The molecule has 0 bridgehead atoms. The van der Waals surface area contributed by atoms with E-state index in [4.69, 9.17) is 14.6 Å². The fourth-order valence-corrected chi connectivity index (χ4v) is 2.00. The van der Waals surface area contributed by atoms with E-state index in [1.807, 2.05) is 6.92 Å². The minimum atomic E-state index is 0.213. The fourth-order valence-electron chi connectivity index (χ4n) is 2.00. The van der Waals surface area contributed by atoms with E-state index in [1.54, 1.807) is 12.1 Å². The summed E-state index contributed by atoms with van der Waals surface area (Å²) in [5.74, 6) is 1.85. The van der Waals surface area contributed by atoms with Crippen molar-refractivity contribution in [1.82, 2.24) is 5.32 Å². The van der Waals surface area contributed by atoms with E-state index in [9.17, 15) is 5.11 Å². The second-order valence-corrected chi connectivity index (χ2v) is 4.94. The molecule has 0 spiro atoms. The predicted octanol–water partition coefficient (Wildman–Crippen LogP) is 1.62. The summed E-state index contributed by atoms with van der Waals surface area (Å²) in [7, 11) is 0. The molecule has 3 N–H and O–H groups in total. The first-order chi connectivity index (χ1) is 9.20. The van der Waals surface area contributed by atoms with Gasteiger partial charge in [-0.1, -0.05) is 6.92 Å². The zero-order chi connectivity index (χ0) is 13.7. The summed E-state index contributed by atoms with van der Waals surface area (Å²) in [6.45, 7) is 3.94. The van der Waals surface area contributed by atoms with E-state index in [0.29, 0.717) is 24.0 Å². The number of hydrogen-bond acceptors (Lipinski definition) is 5. The van der Waals surface area contributed by atoms with Gasteiger partial charge in [0.1, 0.15) is 5.75 Å². The van der Waals surface area contributed by atoms with Crippen molar-refractivity contribution in [3.8, 4) is 17.2 Å². The molecule has 0 amide bonds. The third-order valence-electron chi connectivity index (χ3n) is 3.25. The molecule has 0 fully saturated rings. The second-order valence-electron chi connectivity index (χ2n) is 4.94. The number of fused-ring (bicyclic) bond motifs is 1. The number of rotatable bonds is 7. The zero-order valence-corrected chi connectivity index (χ0v) is 11.2. The maximum atomic E-state index is 9.85. The Bertz CT molecular complexity index is 422. The van der Waals surface area contributed by atoms with Gasteiger partial charge in [-0.15, -0.1) is 0 Å². The Kier molecular flexibility index (Phi) is 4.87. The smallest absolute Gasteiger partial charge is 0.231 e. The third kappa shape index (κ3) is 3.75. The predicted molar refractivity (Wildman–Crippen MR) is 71.4 cm³/mol. The van der Waals surface area contributed by atoms with Crippen LogP contribution in [0.2, 0.25) is 0 Å². The Morgan fingerprint density at radius 1 is 1.32 bits per heavy atom. The monoisotopic (exact) mass is 267 g/mol. The normalized spacial score (nSPS) is 14.6. The van der Waals surface area contributed by atoms with Gasteiger partial charge in [-0.05, 0) is 31.4 Å². The average molecular weight is 267 g/mol. The van der Waals surface area contributed by atoms with Crippen LogP contribution in [0.25, 0.3) is 0 Å². The summed E-state index contributed by atoms with van der Waals surface area (Å²) in [5, 5.41) is 22.0. The van der Waals surface area contributed by atoms with E-state index in [-0.39, 0.29) is 19.1 Å². The van der Waals surface area contributed by atoms with Gasteiger partial charge in [0.15, 0.2) is 11.5 Å². The van der Waals surface area contributed by atoms with E-state index >= 15 is 0 Å². The summed E-state index contributed by atoms with van der Waals surface area (Å²) in [6, 6.07) is 3.40. The van der Waals surface area contributed by atoms with Gasteiger partial charge in [0.25, 0.3) is 0 Å². The van der Waals surface area contributed by atoms with Gasteiger partial charge in [0, 0.05) is 24.8 Å². The van der Waals surface area contributed by atoms with Crippen LogP contribution in [0.15, 0.2) is 12.1 Å². The van der Waals surface area contributed by atoms with E-state index in [1.165, 1.54) is 0 Å². The lowest BCUT2D eigenvalue weighted by atomic mass is 10.1. The van der Waals surface area contributed by atoms with Crippen molar-refractivity contribution in [2.75, 3.05) is 19.9 Å². The summed E-state index contributed by atoms with van der Waals surface area (Å²) in [4.78, 5) is 0. The highest BCUT2D eigenvalue weighted by molar-refractivity contribution is 5.51. The standard InChI is InChI=1S/C14H21NO4/c1-10(8-16)3-2-4-15-7-11-5-13-14(6-12(11)17)19-9-18-13/h5-6,10,15-17H,2-4,7-9H2,1H3. The van der Waals surface area contributed by atoms with Crippen LogP contribution >= 0.6 is 0 Å². The van der Waals surface area contributed by atoms with E-state index in [0.717, 1.165) is 24.9 Å². The van der Waals surface area contributed by atoms with Crippen molar-refractivity contribution in [2.45, 2.75) is 26.3 Å². The Labute approximate surface area is 113 Å². The number of phenolic OH excluding ortho intramolecular Hbond substituents is 1. The first-order valence-electron chi connectivity index (χ1n) is 6.63. The first kappa shape index (κ1) is 14.0. The van der Waals surface area contributed by atoms with Crippen LogP contribution in [-0.4, -0.2) is 30.2 Å². The Morgan fingerprint density at radius 2 is 2.05 bits per heavy atom. The Morgan fingerprint density at radius 3 is 2.79 bits per heavy atom. The van der Waals surface area contributed by atoms with Crippen LogP contribution in [0.3, 0.4) is 0 Å². The number of phenols is 1. The highest BCUT2D eigenvalue weighted by atomic mass is 16.7. The molecule has 1 heterocycles. The SMILES string of the molecule is CC(CO)CCCNCc1cc2c(cc1O)OCO2. The Balaban J connectivity index is 1.77. The number of hydrogen-bond donors (Lipinski definition) is 3. The van der Waals surface area contributed by atoms with Gasteiger partial charge in [0.05, 0.1) is 0 Å². The van der Waals surface area contributed by atoms with Crippen molar-refractivity contribution in [1.29, 1.82) is 0 Å². The molecule has 0 aromatic heterocycles. The minimum absolute atomic E-state index is 0.213. The average Bonchev–Trinajstić information content (AvgIpc) is 2.85. The lowest BCUT2D eigenvalue weighted by molar-refractivity contribution is 0.174. The topological polar surface area (TPSA) is 71.0 Å². The number of benzene rings is 1. The lowest BCUT2D eigenvalue weighted by Crippen LogP contribution is -2.16. The summed E-state index contributed by atoms with van der Waals surface area (Å²) >= 11 is 0. The molecule has 1 atom stereocenters. The first-order valence-corrected chi connectivity index (χ1v) is 6.63. The number of ether oxygens (including phenoxy) is 2. The number of aliphatic hydroxyl groups excluding tert-OH is 1. The molecule has 1 unspecified atom stereocenters. The molecular weight excluding hydrogens is 246 g/mol. The van der Waals surface area contributed by atoms with Crippen molar-refractivity contribution < 1.29 is 19.7 Å². The van der Waals surface area contributed by atoms with Gasteiger partial charge in [-0.2, -0.15) is 0 Å². The highest BCUT2D eigenvalue weighted by Crippen LogP contribution is 2.37. The number of nitrogens with one attached hydrogen (secondary N) is 1. The summed E-state index contributed by atoms with van der Waals surface area (Å²) in [5.41, 5.74) is 0.805. The minimum Gasteiger partial charge on any atom is -0.507 e. The molecule has 5 heteroatoms. The molecule has 5 nitrogen and oxygen atoms in total. The quantitative estimate of drug-likeness (QED) is 0.655. The van der Waals surface area contributed by atoms with Gasteiger partial charge in [-0.25, -0.2) is 0 Å². The van der Waals surface area contributed by atoms with Crippen LogP contribution in [0.4, 0.5) is 0 Å². The summed E-state index contributed by atoms with van der Waals surface area (Å²) < 4.78 is 10.5. The van der Waals surface area contributed by atoms with Crippen LogP contribution in [0, 0.1) is 5.92 Å². The highest BCUT2D eigenvalue weighted by Gasteiger charge is 2.16. The molecule has 19 heavy (non-hydrogen) atoms. The van der Waals surface area contributed by atoms with Gasteiger partial charge in [0.2, 0.25) is 6.79 Å². The van der Waals surface area contributed by atoms with Crippen LogP contribution in [0.5, 0.6) is 17.2 Å². The molecule has 1 aliphatic rings. The maximum Gasteiger partial charge on any atom is 0.231 e. The molecule has 0 saturated heterocycles. The maximum absolute atomic E-state index is 9.85. The Hall–Kier alpha value is -1.46. The van der Waals surface area contributed by atoms with Crippen LogP contribution in [0.1, 0.15) is 25.3 Å². The second kappa shape index (κ2) is 6.63. The fraction of sp³-hybridized carbons (Fsp3) is 0.571. The largest absolute Gasteiger partial charge is 0.507 e. The number of aromatic hydroxyl groups is 1. The van der Waals surface area contributed by atoms with Crippen molar-refractivity contribution in [2.24, 2.45) is 5.92 Å². The van der Waals surface area contributed by atoms with Crippen molar-refractivity contribution in [3.63, 3.8) is 0 Å². The van der Waals surface area contributed by atoms with Gasteiger partial charge >= 0.3 is 0 Å². The third-order valence-corrected chi connectivity index (χ3v) is 3.25. The molecular formula is C14H21NO4. The van der Waals surface area contributed by atoms with Crippen molar-refractivity contribution in [3.05, 3.63) is 17.7 Å². The molecule has 0 radical (unpaired) electrons. The summed E-state index contributed by atoms with van der Waals surface area (Å²) in [6.07, 6.45) is 2.00. The lowest BCUT2D eigenvalue weighted by Gasteiger charge is -2.10. The van der Waals surface area contributed by atoms with E-state index < -0.39 is 0 Å². The molecule has 1 aromatic carbocycles. The van der Waals surface area contributed by atoms with Crippen molar-refractivity contribution >= 4 is 0 Å². The molecule has 0 saturated carbocycles. The molecule has 106 valence electrons. The van der Waals surface area contributed by atoms with Gasteiger partial charge < -0.3 is 25.0 Å². The molecule has 1 aromatic rings. The number of aliphatic hydroxyl groups is 1. The van der Waals surface area contributed by atoms with Crippen LogP contribution in [-0.2, 0) is 6.54 Å². The zero-order valence-electron chi connectivity index (χ0n) is 11.2. The van der Waals surface area contributed by atoms with E-state index in [2.05, 4.69) is 5.32 Å². The molecule has 1 aliphatic heterocycles.